The van der Waals surface area contributed by atoms with Gasteiger partial charge in [0.05, 0.1) is 17.3 Å². The number of halogens is 1. The van der Waals surface area contributed by atoms with Crippen molar-refractivity contribution in [1.29, 1.82) is 0 Å². The first kappa shape index (κ1) is 15.3. The van der Waals surface area contributed by atoms with Crippen LogP contribution in [0.4, 0.5) is 0 Å². The summed E-state index contributed by atoms with van der Waals surface area (Å²) in [5.41, 5.74) is 4.16. The van der Waals surface area contributed by atoms with Gasteiger partial charge < -0.3 is 5.32 Å². The molecule has 0 saturated carbocycles. The van der Waals surface area contributed by atoms with Gasteiger partial charge in [0.1, 0.15) is 0 Å². The average molecular weight is 341 g/mol. The van der Waals surface area contributed by atoms with E-state index in [0.29, 0.717) is 22.6 Å². The SMILES string of the molecule is O=C(NC1CCc2ccc(Cl)cc21)c1cnc2c(c1)C(=O)CCC2. The third-order valence-corrected chi connectivity index (χ3v) is 5.08. The largest absolute Gasteiger partial charge is 0.345 e. The Morgan fingerprint density at radius 2 is 2.08 bits per heavy atom. The van der Waals surface area contributed by atoms with E-state index in [0.717, 1.165) is 36.9 Å². The Morgan fingerprint density at radius 3 is 2.96 bits per heavy atom. The molecule has 2 aliphatic carbocycles. The Labute approximate surface area is 145 Å². The topological polar surface area (TPSA) is 59.1 Å². The summed E-state index contributed by atoms with van der Waals surface area (Å²) in [6.07, 6.45) is 5.54. The van der Waals surface area contributed by atoms with Crippen LogP contribution in [0.25, 0.3) is 0 Å². The van der Waals surface area contributed by atoms with Gasteiger partial charge in [0.15, 0.2) is 5.78 Å². The van der Waals surface area contributed by atoms with Gasteiger partial charge in [-0.3, -0.25) is 14.6 Å². The van der Waals surface area contributed by atoms with E-state index in [1.165, 1.54) is 5.56 Å². The number of carbonyl (C=O) groups excluding carboxylic acids is 2. The number of benzene rings is 1. The van der Waals surface area contributed by atoms with Crippen LogP contribution in [0.3, 0.4) is 0 Å². The number of hydrogen-bond acceptors (Lipinski definition) is 3. The molecule has 1 N–H and O–H groups in total. The standard InChI is InChI=1S/C19H17ClN2O2/c20-13-6-4-11-5-7-17(14(11)9-13)22-19(24)12-8-15-16(21-10-12)2-1-3-18(15)23/h4,6,8-10,17H,1-3,5,7H2,(H,22,24). The molecule has 1 amide bonds. The number of amides is 1. The molecule has 122 valence electrons. The van der Waals surface area contributed by atoms with E-state index in [1.54, 1.807) is 12.3 Å². The molecule has 4 nitrogen and oxygen atoms in total. The second kappa shape index (κ2) is 6.02. The zero-order chi connectivity index (χ0) is 16.7. The van der Waals surface area contributed by atoms with Crippen molar-refractivity contribution in [2.45, 2.75) is 38.1 Å². The molecule has 2 aromatic rings. The highest BCUT2D eigenvalue weighted by Gasteiger charge is 2.26. The second-order valence-corrected chi connectivity index (χ2v) is 6.84. The average Bonchev–Trinajstić information content (AvgIpc) is 2.97. The quantitative estimate of drug-likeness (QED) is 0.907. The first-order chi connectivity index (χ1) is 11.6. The molecule has 24 heavy (non-hydrogen) atoms. The summed E-state index contributed by atoms with van der Waals surface area (Å²) in [4.78, 5) is 28.9. The molecule has 0 radical (unpaired) electrons. The van der Waals surface area contributed by atoms with Crippen molar-refractivity contribution in [3.8, 4) is 0 Å². The van der Waals surface area contributed by atoms with Crippen LogP contribution in [0.15, 0.2) is 30.5 Å². The predicted molar refractivity (Wildman–Crippen MR) is 91.5 cm³/mol. The smallest absolute Gasteiger partial charge is 0.253 e. The van der Waals surface area contributed by atoms with Gasteiger partial charge in [-0.25, -0.2) is 0 Å². The molecule has 0 bridgehead atoms. The van der Waals surface area contributed by atoms with E-state index in [4.69, 9.17) is 11.6 Å². The molecular formula is C19H17ClN2O2. The Hall–Kier alpha value is -2.20. The number of rotatable bonds is 2. The summed E-state index contributed by atoms with van der Waals surface area (Å²) in [7, 11) is 0. The van der Waals surface area contributed by atoms with E-state index < -0.39 is 0 Å². The monoisotopic (exact) mass is 340 g/mol. The van der Waals surface area contributed by atoms with Crippen LogP contribution < -0.4 is 5.32 Å². The summed E-state index contributed by atoms with van der Waals surface area (Å²) in [6, 6.07) is 7.46. The minimum atomic E-state index is -0.193. The summed E-state index contributed by atoms with van der Waals surface area (Å²) < 4.78 is 0. The van der Waals surface area contributed by atoms with E-state index in [1.807, 2.05) is 18.2 Å². The molecule has 2 aliphatic rings. The van der Waals surface area contributed by atoms with Gasteiger partial charge >= 0.3 is 0 Å². The molecule has 4 rings (SSSR count). The molecule has 1 aromatic heterocycles. The number of ketones is 1. The lowest BCUT2D eigenvalue weighted by Crippen LogP contribution is -2.28. The molecular weight excluding hydrogens is 324 g/mol. The predicted octanol–water partition coefficient (Wildman–Crippen LogP) is 3.67. The fourth-order valence-corrected chi connectivity index (χ4v) is 3.75. The van der Waals surface area contributed by atoms with Crippen LogP contribution in [0.1, 0.15) is 62.8 Å². The van der Waals surface area contributed by atoms with Gasteiger partial charge in [0.25, 0.3) is 5.91 Å². The lowest BCUT2D eigenvalue weighted by Gasteiger charge is -2.17. The Kier molecular flexibility index (Phi) is 3.85. The van der Waals surface area contributed by atoms with Crippen molar-refractivity contribution in [1.82, 2.24) is 10.3 Å². The summed E-state index contributed by atoms with van der Waals surface area (Å²) >= 11 is 6.08. The van der Waals surface area contributed by atoms with Gasteiger partial charge in [0, 0.05) is 23.2 Å². The molecule has 1 atom stereocenters. The van der Waals surface area contributed by atoms with Crippen molar-refractivity contribution in [2.24, 2.45) is 0 Å². The molecule has 0 fully saturated rings. The third-order valence-electron chi connectivity index (χ3n) is 4.84. The van der Waals surface area contributed by atoms with Crippen molar-refractivity contribution in [3.05, 3.63) is 63.4 Å². The van der Waals surface area contributed by atoms with Crippen LogP contribution >= 0.6 is 11.6 Å². The first-order valence-corrected chi connectivity index (χ1v) is 8.61. The zero-order valence-electron chi connectivity index (χ0n) is 13.1. The molecule has 1 aromatic carbocycles. The van der Waals surface area contributed by atoms with Crippen LogP contribution in [-0.4, -0.2) is 16.7 Å². The number of carbonyl (C=O) groups is 2. The van der Waals surface area contributed by atoms with E-state index in [9.17, 15) is 9.59 Å². The Morgan fingerprint density at radius 1 is 1.21 bits per heavy atom. The molecule has 0 saturated heterocycles. The third kappa shape index (κ3) is 2.71. The fourth-order valence-electron chi connectivity index (χ4n) is 3.57. The Balaban J connectivity index is 1.57. The Bertz CT molecular complexity index is 847. The fraction of sp³-hybridized carbons (Fsp3) is 0.316. The molecule has 5 heteroatoms. The van der Waals surface area contributed by atoms with Crippen molar-refractivity contribution in [2.75, 3.05) is 0 Å². The van der Waals surface area contributed by atoms with Gasteiger partial charge in [0.2, 0.25) is 0 Å². The normalized spacial score (nSPS) is 18.9. The van der Waals surface area contributed by atoms with Gasteiger partial charge in [-0.2, -0.15) is 0 Å². The lowest BCUT2D eigenvalue weighted by atomic mass is 9.94. The maximum absolute atomic E-state index is 12.6. The van der Waals surface area contributed by atoms with E-state index in [-0.39, 0.29) is 17.7 Å². The minimum absolute atomic E-state index is 0.0436. The van der Waals surface area contributed by atoms with Crippen molar-refractivity contribution in [3.63, 3.8) is 0 Å². The highest BCUT2D eigenvalue weighted by atomic mass is 35.5. The zero-order valence-corrected chi connectivity index (χ0v) is 13.9. The van der Waals surface area contributed by atoms with Crippen molar-refractivity contribution >= 4 is 23.3 Å². The summed E-state index contributed by atoms with van der Waals surface area (Å²) in [5, 5.41) is 3.73. The number of hydrogen-bond donors (Lipinski definition) is 1. The maximum Gasteiger partial charge on any atom is 0.253 e. The first-order valence-electron chi connectivity index (χ1n) is 8.23. The number of aryl methyl sites for hydroxylation is 2. The number of fused-ring (bicyclic) bond motifs is 2. The number of Topliss-reactive ketones (excluding diaryl/α,β-unsaturated/α-hetero) is 1. The summed E-state index contributed by atoms with van der Waals surface area (Å²) in [6.45, 7) is 0. The number of pyridine rings is 1. The minimum Gasteiger partial charge on any atom is -0.345 e. The summed E-state index contributed by atoms with van der Waals surface area (Å²) in [5.74, 6) is -0.113. The second-order valence-electron chi connectivity index (χ2n) is 6.40. The lowest BCUT2D eigenvalue weighted by molar-refractivity contribution is 0.0936. The molecule has 0 spiro atoms. The number of nitrogens with zero attached hydrogens (tertiary/aromatic N) is 1. The highest BCUT2D eigenvalue weighted by molar-refractivity contribution is 6.30. The van der Waals surface area contributed by atoms with Crippen LogP contribution in [0.5, 0.6) is 0 Å². The van der Waals surface area contributed by atoms with E-state index >= 15 is 0 Å². The number of aromatic nitrogens is 1. The van der Waals surface area contributed by atoms with Crippen LogP contribution in [0, 0.1) is 0 Å². The van der Waals surface area contributed by atoms with Crippen LogP contribution in [-0.2, 0) is 12.8 Å². The van der Waals surface area contributed by atoms with Crippen molar-refractivity contribution < 1.29 is 9.59 Å². The van der Waals surface area contributed by atoms with Gasteiger partial charge in [-0.15, -0.1) is 0 Å². The van der Waals surface area contributed by atoms with Crippen LogP contribution in [0.2, 0.25) is 5.02 Å². The van der Waals surface area contributed by atoms with Gasteiger partial charge in [-0.1, -0.05) is 17.7 Å². The van der Waals surface area contributed by atoms with E-state index in [2.05, 4.69) is 10.3 Å². The van der Waals surface area contributed by atoms with Gasteiger partial charge in [-0.05, 0) is 55.0 Å². The highest BCUT2D eigenvalue weighted by Crippen LogP contribution is 2.33. The molecule has 1 unspecified atom stereocenters. The number of nitrogens with one attached hydrogen (secondary N) is 1. The molecule has 1 heterocycles. The molecule has 0 aliphatic heterocycles. The maximum atomic E-state index is 12.6.